The third-order valence-electron chi connectivity index (χ3n) is 2.99. The van der Waals surface area contributed by atoms with Gasteiger partial charge in [0.1, 0.15) is 11.6 Å². The SMILES string of the molecule is CC(C)N(Cc1ccccc1)c1cc(NN)nc(N)n1. The molecule has 0 atom stereocenters. The summed E-state index contributed by atoms with van der Waals surface area (Å²) >= 11 is 0. The highest BCUT2D eigenvalue weighted by molar-refractivity contribution is 5.52. The van der Waals surface area contributed by atoms with Crippen molar-refractivity contribution in [2.24, 2.45) is 5.84 Å². The normalized spacial score (nSPS) is 10.6. The van der Waals surface area contributed by atoms with E-state index >= 15 is 0 Å². The van der Waals surface area contributed by atoms with E-state index < -0.39 is 0 Å². The lowest BCUT2D eigenvalue weighted by Crippen LogP contribution is -2.31. The fourth-order valence-corrected chi connectivity index (χ4v) is 1.98. The first kappa shape index (κ1) is 14.1. The summed E-state index contributed by atoms with van der Waals surface area (Å²) in [6.45, 7) is 4.96. The van der Waals surface area contributed by atoms with Gasteiger partial charge < -0.3 is 16.1 Å². The number of hydrogen-bond acceptors (Lipinski definition) is 6. The quantitative estimate of drug-likeness (QED) is 0.567. The zero-order valence-corrected chi connectivity index (χ0v) is 11.7. The minimum absolute atomic E-state index is 0.203. The number of anilines is 3. The predicted octanol–water partition coefficient (Wildman–Crippen LogP) is 1.76. The zero-order chi connectivity index (χ0) is 14.5. The molecule has 0 aliphatic carbocycles. The lowest BCUT2D eigenvalue weighted by molar-refractivity contribution is 0.672. The molecule has 1 aromatic heterocycles. The molecule has 1 heterocycles. The summed E-state index contributed by atoms with van der Waals surface area (Å²) in [5.74, 6) is 6.86. The van der Waals surface area contributed by atoms with Gasteiger partial charge in [-0.2, -0.15) is 9.97 Å². The van der Waals surface area contributed by atoms with Gasteiger partial charge >= 0.3 is 0 Å². The zero-order valence-electron chi connectivity index (χ0n) is 11.7. The Labute approximate surface area is 118 Å². The number of nitrogens with one attached hydrogen (secondary N) is 1. The molecule has 0 saturated carbocycles. The van der Waals surface area contributed by atoms with Gasteiger partial charge in [0.05, 0.1) is 0 Å². The van der Waals surface area contributed by atoms with Crippen LogP contribution in [0.15, 0.2) is 36.4 Å². The molecule has 0 radical (unpaired) electrons. The van der Waals surface area contributed by atoms with Crippen LogP contribution >= 0.6 is 0 Å². The lowest BCUT2D eigenvalue weighted by atomic mass is 10.2. The standard InChI is InChI=1S/C14H20N6/c1-10(2)20(9-11-6-4-3-5-7-11)13-8-12(19-16)17-14(15)18-13/h3-8,10H,9,16H2,1-2H3,(H3,15,17,18,19). The Morgan fingerprint density at radius 1 is 1.20 bits per heavy atom. The van der Waals surface area contributed by atoms with Gasteiger partial charge in [-0.15, -0.1) is 0 Å². The molecule has 0 aliphatic rings. The van der Waals surface area contributed by atoms with Crippen LogP contribution in [-0.4, -0.2) is 16.0 Å². The van der Waals surface area contributed by atoms with Gasteiger partial charge in [0.2, 0.25) is 5.95 Å². The maximum absolute atomic E-state index is 5.72. The van der Waals surface area contributed by atoms with E-state index in [1.165, 1.54) is 5.56 Å². The van der Waals surface area contributed by atoms with Crippen molar-refractivity contribution in [1.29, 1.82) is 0 Å². The largest absolute Gasteiger partial charge is 0.368 e. The van der Waals surface area contributed by atoms with E-state index in [9.17, 15) is 0 Å². The Morgan fingerprint density at radius 3 is 2.50 bits per heavy atom. The maximum atomic E-state index is 5.72. The number of nitrogens with two attached hydrogens (primary N) is 2. The van der Waals surface area contributed by atoms with Crippen molar-refractivity contribution in [3.63, 3.8) is 0 Å². The molecule has 106 valence electrons. The van der Waals surface area contributed by atoms with E-state index in [2.05, 4.69) is 46.3 Å². The van der Waals surface area contributed by atoms with Crippen molar-refractivity contribution in [3.8, 4) is 0 Å². The number of benzene rings is 1. The first-order valence-electron chi connectivity index (χ1n) is 6.52. The highest BCUT2D eigenvalue weighted by atomic mass is 15.3. The van der Waals surface area contributed by atoms with Crippen LogP contribution in [0.1, 0.15) is 19.4 Å². The number of nitrogens with zero attached hydrogens (tertiary/aromatic N) is 3. The second kappa shape index (κ2) is 6.21. The van der Waals surface area contributed by atoms with E-state index in [4.69, 9.17) is 11.6 Å². The first-order valence-corrected chi connectivity index (χ1v) is 6.52. The van der Waals surface area contributed by atoms with Crippen LogP contribution in [0.3, 0.4) is 0 Å². The predicted molar refractivity (Wildman–Crippen MR) is 82.0 cm³/mol. The van der Waals surface area contributed by atoms with Gasteiger partial charge in [-0.05, 0) is 19.4 Å². The van der Waals surface area contributed by atoms with Gasteiger partial charge in [-0.1, -0.05) is 30.3 Å². The van der Waals surface area contributed by atoms with Crippen LogP contribution in [0.25, 0.3) is 0 Å². The monoisotopic (exact) mass is 272 g/mol. The smallest absolute Gasteiger partial charge is 0.223 e. The summed E-state index contributed by atoms with van der Waals surface area (Å²) < 4.78 is 0. The molecular formula is C14H20N6. The molecule has 20 heavy (non-hydrogen) atoms. The number of nitrogen functional groups attached to an aromatic ring is 2. The van der Waals surface area contributed by atoms with E-state index in [0.29, 0.717) is 5.82 Å². The van der Waals surface area contributed by atoms with E-state index in [1.54, 1.807) is 6.07 Å². The maximum Gasteiger partial charge on any atom is 0.223 e. The van der Waals surface area contributed by atoms with Gasteiger partial charge in [-0.25, -0.2) is 5.84 Å². The third kappa shape index (κ3) is 3.36. The van der Waals surface area contributed by atoms with E-state index in [0.717, 1.165) is 12.4 Å². The second-order valence-electron chi connectivity index (χ2n) is 4.82. The third-order valence-corrected chi connectivity index (χ3v) is 2.99. The fraction of sp³-hybridized carbons (Fsp3) is 0.286. The Balaban J connectivity index is 2.31. The van der Waals surface area contributed by atoms with Crippen LogP contribution < -0.4 is 21.9 Å². The molecule has 5 N–H and O–H groups in total. The molecule has 1 aromatic carbocycles. The van der Waals surface area contributed by atoms with Crippen molar-refractivity contribution >= 4 is 17.6 Å². The van der Waals surface area contributed by atoms with Gasteiger partial charge in [0.15, 0.2) is 0 Å². The average molecular weight is 272 g/mol. The van der Waals surface area contributed by atoms with Crippen LogP contribution in [-0.2, 0) is 6.54 Å². The number of hydrogen-bond donors (Lipinski definition) is 3. The van der Waals surface area contributed by atoms with E-state index in [1.807, 2.05) is 18.2 Å². The Morgan fingerprint density at radius 2 is 1.90 bits per heavy atom. The molecule has 0 spiro atoms. The minimum atomic E-state index is 0.203. The van der Waals surface area contributed by atoms with Crippen LogP contribution in [0, 0.1) is 0 Å². The molecule has 0 saturated heterocycles. The summed E-state index contributed by atoms with van der Waals surface area (Å²) in [7, 11) is 0. The number of rotatable bonds is 5. The molecule has 0 amide bonds. The highest BCUT2D eigenvalue weighted by Gasteiger charge is 2.14. The summed E-state index contributed by atoms with van der Waals surface area (Å²) in [4.78, 5) is 10.4. The molecule has 2 aromatic rings. The minimum Gasteiger partial charge on any atom is -0.368 e. The summed E-state index contributed by atoms with van der Waals surface area (Å²) in [5, 5.41) is 0. The second-order valence-corrected chi connectivity index (χ2v) is 4.82. The summed E-state index contributed by atoms with van der Waals surface area (Å²) in [6, 6.07) is 12.3. The molecule has 6 nitrogen and oxygen atoms in total. The molecule has 6 heteroatoms. The van der Waals surface area contributed by atoms with Gasteiger partial charge in [0, 0.05) is 18.7 Å². The lowest BCUT2D eigenvalue weighted by Gasteiger charge is -2.28. The highest BCUT2D eigenvalue weighted by Crippen LogP contribution is 2.21. The van der Waals surface area contributed by atoms with Gasteiger partial charge in [-0.3, -0.25) is 0 Å². The number of aromatic nitrogens is 2. The molecule has 0 aliphatic heterocycles. The molecule has 0 fully saturated rings. The Kier molecular flexibility index (Phi) is 4.37. The van der Waals surface area contributed by atoms with Crippen molar-refractivity contribution in [3.05, 3.63) is 42.0 Å². The Bertz CT molecular complexity index is 555. The summed E-state index contributed by atoms with van der Waals surface area (Å²) in [6.07, 6.45) is 0. The molecule has 0 bridgehead atoms. The Hall–Kier alpha value is -2.34. The van der Waals surface area contributed by atoms with Crippen LogP contribution in [0.5, 0.6) is 0 Å². The average Bonchev–Trinajstić information content (AvgIpc) is 2.44. The molecule has 2 rings (SSSR count). The van der Waals surface area contributed by atoms with Crippen molar-refractivity contribution in [2.75, 3.05) is 16.1 Å². The van der Waals surface area contributed by atoms with E-state index in [-0.39, 0.29) is 12.0 Å². The van der Waals surface area contributed by atoms with Crippen molar-refractivity contribution in [2.45, 2.75) is 26.4 Å². The topological polar surface area (TPSA) is 93.1 Å². The first-order chi connectivity index (χ1) is 9.60. The fourth-order valence-electron chi connectivity index (χ4n) is 1.98. The van der Waals surface area contributed by atoms with Crippen molar-refractivity contribution < 1.29 is 0 Å². The number of hydrazine groups is 1. The molecule has 0 unspecified atom stereocenters. The van der Waals surface area contributed by atoms with Gasteiger partial charge in [0.25, 0.3) is 0 Å². The van der Waals surface area contributed by atoms with Crippen LogP contribution in [0.2, 0.25) is 0 Å². The van der Waals surface area contributed by atoms with Crippen molar-refractivity contribution in [1.82, 2.24) is 9.97 Å². The van der Waals surface area contributed by atoms with Crippen LogP contribution in [0.4, 0.5) is 17.6 Å². The molecular weight excluding hydrogens is 252 g/mol. The summed E-state index contributed by atoms with van der Waals surface area (Å²) in [5.41, 5.74) is 9.44.